The standard InChI is InChI=1S/C20H20FN3O3.C4H7F.C2H6/c1-14-12-17(9-10-19(25)22-18-4-2-3-11-24(18)27)23(20(14)26)13-15-5-7-16(21)8-6-15;1-3-4(2)5;1-2/h2-8,11-12,17,27H,9-10,13H2,1H3;3H,1-2H3;1-2H3/p+1/b;4-3+;. The highest BCUT2D eigenvalue weighted by Gasteiger charge is 2.30. The fourth-order valence-electron chi connectivity index (χ4n) is 3.06. The van der Waals surface area contributed by atoms with Crippen LogP contribution in [0, 0.1) is 5.82 Å². The third-order valence-electron chi connectivity index (χ3n) is 4.88. The van der Waals surface area contributed by atoms with Crippen molar-refractivity contribution in [2.45, 2.75) is 60.0 Å². The molecule has 0 bridgehead atoms. The van der Waals surface area contributed by atoms with E-state index < -0.39 is 0 Å². The average molecular weight is 475 g/mol. The molecule has 0 radical (unpaired) electrons. The van der Waals surface area contributed by atoms with Gasteiger partial charge in [0.15, 0.2) is 0 Å². The van der Waals surface area contributed by atoms with Gasteiger partial charge in [0.1, 0.15) is 12.0 Å². The predicted molar refractivity (Wildman–Crippen MR) is 128 cm³/mol. The number of benzene rings is 1. The highest BCUT2D eigenvalue weighted by molar-refractivity contribution is 5.96. The molecule has 0 aliphatic carbocycles. The first-order valence-electron chi connectivity index (χ1n) is 11.2. The van der Waals surface area contributed by atoms with Crippen molar-refractivity contribution in [2.75, 3.05) is 5.32 Å². The number of halogens is 2. The lowest BCUT2D eigenvalue weighted by Crippen LogP contribution is -2.36. The average Bonchev–Trinajstić information content (AvgIpc) is 3.10. The molecule has 2 N–H and O–H groups in total. The molecule has 8 heteroatoms. The third kappa shape index (κ3) is 9.13. The van der Waals surface area contributed by atoms with Crippen molar-refractivity contribution in [3.63, 3.8) is 0 Å². The quantitative estimate of drug-likeness (QED) is 0.439. The van der Waals surface area contributed by atoms with Crippen LogP contribution in [0.25, 0.3) is 0 Å². The molecule has 1 unspecified atom stereocenters. The molecule has 2 amide bonds. The number of hydrogen-bond acceptors (Lipinski definition) is 3. The number of pyridine rings is 1. The lowest BCUT2D eigenvalue weighted by atomic mass is 10.1. The van der Waals surface area contributed by atoms with Crippen LogP contribution < -0.4 is 10.0 Å². The summed E-state index contributed by atoms with van der Waals surface area (Å²) in [7, 11) is 0. The normalized spacial score (nSPS) is 15.0. The summed E-state index contributed by atoms with van der Waals surface area (Å²) in [5, 5.41) is 12.3. The van der Waals surface area contributed by atoms with Crippen LogP contribution in [-0.4, -0.2) is 28.0 Å². The monoisotopic (exact) mass is 474 g/mol. The number of allylic oxidation sites excluding steroid dienone is 2. The van der Waals surface area contributed by atoms with Gasteiger partial charge >= 0.3 is 11.7 Å². The number of carbonyl (C=O) groups excluding carboxylic acids is 2. The zero-order chi connectivity index (χ0) is 25.7. The topological polar surface area (TPSA) is 73.5 Å². The second-order valence-corrected chi connectivity index (χ2v) is 7.37. The fourth-order valence-corrected chi connectivity index (χ4v) is 3.06. The zero-order valence-electron chi connectivity index (χ0n) is 20.4. The SMILES string of the molecule is C/C=C(\C)F.CC.CC1=CC(CCC(=O)Nc2cccc[n+]2O)N(Cc2ccc(F)cc2)C1=O. The maximum absolute atomic E-state index is 13.1. The Bertz CT molecular complexity index is 1000. The summed E-state index contributed by atoms with van der Waals surface area (Å²) in [6, 6.07) is 10.7. The summed E-state index contributed by atoms with van der Waals surface area (Å²) < 4.78 is 25.2. The summed E-state index contributed by atoms with van der Waals surface area (Å²) in [5.74, 6) is -0.502. The Hall–Kier alpha value is -3.55. The number of rotatable bonds is 6. The predicted octanol–water partition coefficient (Wildman–Crippen LogP) is 5.33. The molecule has 1 aliphatic heterocycles. The molecular weight excluding hydrogens is 440 g/mol. The van der Waals surface area contributed by atoms with Gasteiger partial charge in [0, 0.05) is 18.2 Å². The van der Waals surface area contributed by atoms with Gasteiger partial charge in [-0.25, -0.2) is 18.9 Å². The van der Waals surface area contributed by atoms with Crippen LogP contribution in [0.3, 0.4) is 0 Å². The van der Waals surface area contributed by atoms with Crippen molar-refractivity contribution in [3.8, 4) is 0 Å². The minimum Gasteiger partial charge on any atom is -0.350 e. The molecule has 1 aromatic carbocycles. The highest BCUT2D eigenvalue weighted by Crippen LogP contribution is 2.24. The Morgan fingerprint density at radius 1 is 1.21 bits per heavy atom. The number of nitrogens with one attached hydrogen (secondary N) is 1. The van der Waals surface area contributed by atoms with Crippen LogP contribution in [-0.2, 0) is 16.1 Å². The smallest absolute Gasteiger partial charge is 0.321 e. The Morgan fingerprint density at radius 3 is 2.38 bits per heavy atom. The van der Waals surface area contributed by atoms with Crippen LogP contribution in [0.15, 0.2) is 72.2 Å². The first-order valence-corrected chi connectivity index (χ1v) is 11.2. The van der Waals surface area contributed by atoms with Crippen molar-refractivity contribution >= 4 is 17.6 Å². The maximum atomic E-state index is 13.1. The summed E-state index contributed by atoms with van der Waals surface area (Å²) in [6.07, 6.45) is 5.33. The van der Waals surface area contributed by atoms with Crippen LogP contribution in [0.1, 0.15) is 53.0 Å². The molecule has 2 heterocycles. The lowest BCUT2D eigenvalue weighted by Gasteiger charge is -2.24. The van der Waals surface area contributed by atoms with Gasteiger partial charge in [-0.3, -0.25) is 4.79 Å². The minimum absolute atomic E-state index is 0.0824. The van der Waals surface area contributed by atoms with Crippen molar-refractivity contribution in [2.24, 2.45) is 0 Å². The molecule has 6 nitrogen and oxygen atoms in total. The van der Waals surface area contributed by atoms with Crippen LogP contribution >= 0.6 is 0 Å². The van der Waals surface area contributed by atoms with E-state index in [1.807, 2.05) is 19.9 Å². The number of hydrogen-bond donors (Lipinski definition) is 2. The van der Waals surface area contributed by atoms with Gasteiger partial charge in [-0.1, -0.05) is 48.9 Å². The highest BCUT2D eigenvalue weighted by atomic mass is 19.1. The zero-order valence-corrected chi connectivity index (χ0v) is 20.4. The molecule has 0 saturated heterocycles. The maximum Gasteiger partial charge on any atom is 0.321 e. The van der Waals surface area contributed by atoms with Crippen molar-refractivity contribution in [1.82, 2.24) is 4.90 Å². The molecule has 0 spiro atoms. The van der Waals surface area contributed by atoms with Gasteiger partial charge in [0.2, 0.25) is 5.91 Å². The van der Waals surface area contributed by atoms with Crippen molar-refractivity contribution in [1.29, 1.82) is 0 Å². The summed E-state index contributed by atoms with van der Waals surface area (Å²) in [6.45, 7) is 9.18. The van der Waals surface area contributed by atoms with E-state index in [9.17, 15) is 23.6 Å². The fraction of sp³-hybridized carbons (Fsp3) is 0.346. The molecule has 2 aromatic rings. The number of aromatic nitrogens is 1. The van der Waals surface area contributed by atoms with Gasteiger partial charge in [-0.05, 0) is 51.0 Å². The molecule has 184 valence electrons. The molecule has 0 fully saturated rings. The van der Waals surface area contributed by atoms with Gasteiger partial charge in [-0.15, -0.1) is 0 Å². The van der Waals surface area contributed by atoms with E-state index in [0.717, 1.165) is 10.3 Å². The summed E-state index contributed by atoms with van der Waals surface area (Å²) >= 11 is 0. The van der Waals surface area contributed by atoms with Crippen molar-refractivity contribution < 1.29 is 28.3 Å². The van der Waals surface area contributed by atoms with E-state index in [4.69, 9.17) is 0 Å². The minimum atomic E-state index is -0.323. The number of amides is 2. The Labute approximate surface area is 200 Å². The molecule has 3 rings (SSSR count). The van der Waals surface area contributed by atoms with Gasteiger partial charge in [0.05, 0.1) is 18.3 Å². The van der Waals surface area contributed by atoms with E-state index in [2.05, 4.69) is 5.32 Å². The Balaban J connectivity index is 0.000000733. The van der Waals surface area contributed by atoms with Crippen LogP contribution in [0.4, 0.5) is 14.6 Å². The number of anilines is 1. The van der Waals surface area contributed by atoms with E-state index in [-0.39, 0.29) is 41.7 Å². The molecule has 1 atom stereocenters. The summed E-state index contributed by atoms with van der Waals surface area (Å²) in [5.41, 5.74) is 1.46. The van der Waals surface area contributed by atoms with Gasteiger partial charge in [0.25, 0.3) is 0 Å². The molecule has 0 saturated carbocycles. The number of carbonyl (C=O) groups is 2. The van der Waals surface area contributed by atoms with E-state index in [1.54, 1.807) is 49.1 Å². The largest absolute Gasteiger partial charge is 0.350 e. The first-order chi connectivity index (χ1) is 16.2. The third-order valence-corrected chi connectivity index (χ3v) is 4.88. The second kappa shape index (κ2) is 14.6. The van der Waals surface area contributed by atoms with Crippen LogP contribution in [0.5, 0.6) is 0 Å². The molecule has 1 aromatic heterocycles. The van der Waals surface area contributed by atoms with Crippen molar-refractivity contribution in [3.05, 3.63) is 83.6 Å². The number of nitrogens with zero attached hydrogens (tertiary/aromatic N) is 2. The first kappa shape index (κ1) is 28.5. The Morgan fingerprint density at radius 2 is 1.82 bits per heavy atom. The van der Waals surface area contributed by atoms with Gasteiger partial charge in [-0.2, -0.15) is 0 Å². The Kier molecular flexibility index (Phi) is 12.2. The second-order valence-electron chi connectivity index (χ2n) is 7.37. The van der Waals surface area contributed by atoms with E-state index >= 15 is 0 Å². The van der Waals surface area contributed by atoms with E-state index in [0.29, 0.717) is 18.5 Å². The molecule has 1 aliphatic rings. The molecule has 34 heavy (non-hydrogen) atoms. The lowest BCUT2D eigenvalue weighted by molar-refractivity contribution is -0.893. The van der Waals surface area contributed by atoms with E-state index in [1.165, 1.54) is 31.3 Å². The van der Waals surface area contributed by atoms with Gasteiger partial charge < -0.3 is 10.1 Å². The molecular formula is C26H34F2N3O3+. The van der Waals surface area contributed by atoms with Crippen LogP contribution in [0.2, 0.25) is 0 Å². The summed E-state index contributed by atoms with van der Waals surface area (Å²) in [4.78, 5) is 26.3.